The van der Waals surface area contributed by atoms with Crippen molar-refractivity contribution in [1.29, 1.82) is 0 Å². The van der Waals surface area contributed by atoms with Crippen LogP contribution in [0, 0.1) is 0 Å². The molecule has 0 bridgehead atoms. The number of carbonyl (C=O) groups excluding carboxylic acids is 1. The third kappa shape index (κ3) is 4.75. The van der Waals surface area contributed by atoms with Gasteiger partial charge in [-0.25, -0.2) is 9.78 Å². The van der Waals surface area contributed by atoms with E-state index in [-0.39, 0.29) is 5.97 Å². The molecular formula is C17H24BrNO3S. The molecule has 1 aliphatic rings. The second-order valence-electron chi connectivity index (χ2n) is 4.43. The lowest BCUT2D eigenvalue weighted by molar-refractivity contribution is 0.0601. The molecule has 2 heterocycles. The molecular weight excluding hydrogens is 378 g/mol. The molecule has 0 aliphatic carbocycles. The average molecular weight is 402 g/mol. The van der Waals surface area contributed by atoms with Crippen LogP contribution in [0.5, 0.6) is 0 Å². The van der Waals surface area contributed by atoms with Gasteiger partial charge in [0.1, 0.15) is 0 Å². The minimum atomic E-state index is -0.313. The average Bonchev–Trinajstić information content (AvgIpc) is 3.25. The van der Waals surface area contributed by atoms with Crippen molar-refractivity contribution in [3.8, 4) is 0 Å². The molecule has 0 radical (unpaired) electrons. The number of methoxy groups -OCH3 is 1. The van der Waals surface area contributed by atoms with Crippen LogP contribution in [0.1, 0.15) is 56.0 Å². The molecule has 1 aromatic heterocycles. The molecule has 1 fully saturated rings. The summed E-state index contributed by atoms with van der Waals surface area (Å²) in [6.45, 7) is 9.45. The van der Waals surface area contributed by atoms with Gasteiger partial charge in [-0.2, -0.15) is 0 Å². The number of rotatable bonds is 2. The standard InChI is InChI=1S/C13H12BrNO3S.2C2H6/c1-17-12(16)8-4-9(7-2-3-18-6-7)11-10(5-8)19-13(14)15-11;2*1-2/h4-5,7H,2-3,6H2,1H3;2*1-2H3. The Kier molecular flexibility index (Phi) is 8.73. The molecule has 1 atom stereocenters. The molecule has 0 spiro atoms. The zero-order valence-electron chi connectivity index (χ0n) is 14.3. The summed E-state index contributed by atoms with van der Waals surface area (Å²) in [6.07, 6.45) is 0.967. The number of ether oxygens (including phenoxy) is 2. The predicted molar refractivity (Wildman–Crippen MR) is 99.5 cm³/mol. The lowest BCUT2D eigenvalue weighted by Gasteiger charge is -2.10. The van der Waals surface area contributed by atoms with Gasteiger partial charge in [0.15, 0.2) is 3.92 Å². The maximum atomic E-state index is 11.8. The van der Waals surface area contributed by atoms with Crippen LogP contribution in [0.3, 0.4) is 0 Å². The Bertz CT molecular complexity index is 636. The number of halogens is 1. The van der Waals surface area contributed by atoms with Crippen LogP contribution < -0.4 is 0 Å². The van der Waals surface area contributed by atoms with Gasteiger partial charge in [-0.05, 0) is 40.0 Å². The van der Waals surface area contributed by atoms with E-state index in [0.717, 1.165) is 32.7 Å². The highest BCUT2D eigenvalue weighted by Gasteiger charge is 2.23. The minimum absolute atomic E-state index is 0.307. The first-order valence-electron chi connectivity index (χ1n) is 7.95. The van der Waals surface area contributed by atoms with Crippen LogP contribution in [0.15, 0.2) is 16.0 Å². The number of carbonyl (C=O) groups is 1. The maximum absolute atomic E-state index is 11.8. The smallest absolute Gasteiger partial charge is 0.337 e. The highest BCUT2D eigenvalue weighted by atomic mass is 79.9. The molecule has 1 aliphatic heterocycles. The highest BCUT2D eigenvalue weighted by Crippen LogP contribution is 2.36. The number of nitrogens with zero attached hydrogens (tertiary/aromatic N) is 1. The number of hydrogen-bond donors (Lipinski definition) is 0. The van der Waals surface area contributed by atoms with Crippen molar-refractivity contribution in [2.75, 3.05) is 20.3 Å². The van der Waals surface area contributed by atoms with Gasteiger partial charge < -0.3 is 9.47 Å². The van der Waals surface area contributed by atoms with E-state index in [0.29, 0.717) is 18.1 Å². The van der Waals surface area contributed by atoms with Crippen LogP contribution in [0.2, 0.25) is 0 Å². The lowest BCUT2D eigenvalue weighted by Crippen LogP contribution is -2.05. The number of thiazole rings is 1. The van der Waals surface area contributed by atoms with E-state index in [1.54, 1.807) is 0 Å². The number of esters is 1. The third-order valence-corrected chi connectivity index (χ3v) is 4.74. The summed E-state index contributed by atoms with van der Waals surface area (Å²) in [6, 6.07) is 3.72. The van der Waals surface area contributed by atoms with Gasteiger partial charge in [0.2, 0.25) is 0 Å². The largest absolute Gasteiger partial charge is 0.465 e. The van der Waals surface area contributed by atoms with E-state index >= 15 is 0 Å². The van der Waals surface area contributed by atoms with Crippen LogP contribution in [0.4, 0.5) is 0 Å². The maximum Gasteiger partial charge on any atom is 0.337 e. The second kappa shape index (κ2) is 10.0. The Morgan fingerprint density at radius 1 is 1.35 bits per heavy atom. The number of fused-ring (bicyclic) bond motifs is 1. The van der Waals surface area contributed by atoms with E-state index in [4.69, 9.17) is 9.47 Å². The second-order valence-corrected chi connectivity index (χ2v) is 6.74. The van der Waals surface area contributed by atoms with Crippen molar-refractivity contribution in [2.24, 2.45) is 0 Å². The molecule has 0 N–H and O–H groups in total. The Morgan fingerprint density at radius 3 is 2.61 bits per heavy atom. The summed E-state index contributed by atoms with van der Waals surface area (Å²) >= 11 is 4.93. The summed E-state index contributed by atoms with van der Waals surface area (Å²) < 4.78 is 12.1. The molecule has 1 unspecified atom stereocenters. The zero-order valence-corrected chi connectivity index (χ0v) is 16.7. The molecule has 2 aromatic rings. The lowest BCUT2D eigenvalue weighted by atomic mass is 9.95. The SMILES string of the molecule is CC.CC.COC(=O)c1cc(C2CCOC2)c2nc(Br)sc2c1. The van der Waals surface area contributed by atoms with Gasteiger partial charge in [0.05, 0.1) is 29.5 Å². The van der Waals surface area contributed by atoms with Crippen molar-refractivity contribution in [2.45, 2.75) is 40.0 Å². The van der Waals surface area contributed by atoms with Crippen molar-refractivity contribution in [3.63, 3.8) is 0 Å². The van der Waals surface area contributed by atoms with Crippen molar-refractivity contribution in [1.82, 2.24) is 4.98 Å². The fourth-order valence-corrected chi connectivity index (χ4v) is 3.82. The summed E-state index contributed by atoms with van der Waals surface area (Å²) in [5.74, 6) is -0.00676. The van der Waals surface area contributed by atoms with Crippen molar-refractivity contribution in [3.05, 3.63) is 27.2 Å². The van der Waals surface area contributed by atoms with Gasteiger partial charge in [-0.1, -0.05) is 27.7 Å². The van der Waals surface area contributed by atoms with Crippen molar-refractivity contribution < 1.29 is 14.3 Å². The monoisotopic (exact) mass is 401 g/mol. The van der Waals surface area contributed by atoms with Gasteiger partial charge in [0.25, 0.3) is 0 Å². The molecule has 0 amide bonds. The first kappa shape index (κ1) is 20.1. The van der Waals surface area contributed by atoms with E-state index in [9.17, 15) is 4.79 Å². The van der Waals surface area contributed by atoms with Gasteiger partial charge in [-0.3, -0.25) is 0 Å². The number of hydrogen-bond acceptors (Lipinski definition) is 5. The summed E-state index contributed by atoms with van der Waals surface area (Å²) in [5.41, 5.74) is 2.62. The molecule has 0 saturated carbocycles. The van der Waals surface area contributed by atoms with Gasteiger partial charge >= 0.3 is 5.97 Å². The molecule has 6 heteroatoms. The van der Waals surface area contributed by atoms with E-state index < -0.39 is 0 Å². The molecule has 128 valence electrons. The van der Waals surface area contributed by atoms with E-state index in [2.05, 4.69) is 20.9 Å². The molecule has 23 heavy (non-hydrogen) atoms. The fourth-order valence-electron chi connectivity index (χ4n) is 2.36. The Hall–Kier alpha value is -0.980. The first-order chi connectivity index (χ1) is 11.2. The van der Waals surface area contributed by atoms with E-state index in [1.807, 2.05) is 39.8 Å². The number of aromatic nitrogens is 1. The molecule has 1 aromatic carbocycles. The highest BCUT2D eigenvalue weighted by molar-refractivity contribution is 9.11. The Morgan fingerprint density at radius 2 is 2.04 bits per heavy atom. The zero-order chi connectivity index (χ0) is 17.4. The Labute approximate surface area is 150 Å². The van der Waals surface area contributed by atoms with E-state index in [1.165, 1.54) is 18.4 Å². The minimum Gasteiger partial charge on any atom is -0.465 e. The summed E-state index contributed by atoms with van der Waals surface area (Å²) in [4.78, 5) is 16.3. The normalized spacial score (nSPS) is 16.2. The van der Waals surface area contributed by atoms with Crippen molar-refractivity contribution >= 4 is 43.5 Å². The van der Waals surface area contributed by atoms with Crippen LogP contribution in [-0.2, 0) is 9.47 Å². The van der Waals surface area contributed by atoms with Gasteiger partial charge in [-0.15, -0.1) is 11.3 Å². The fraction of sp³-hybridized carbons (Fsp3) is 0.529. The quantitative estimate of drug-likeness (QED) is 0.631. The summed E-state index contributed by atoms with van der Waals surface area (Å²) in [7, 11) is 1.40. The third-order valence-electron chi connectivity index (χ3n) is 3.29. The molecule has 1 saturated heterocycles. The van der Waals surface area contributed by atoms with Crippen LogP contribution in [0.25, 0.3) is 10.2 Å². The molecule has 4 nitrogen and oxygen atoms in total. The van der Waals surface area contributed by atoms with Crippen LogP contribution in [-0.4, -0.2) is 31.3 Å². The Balaban J connectivity index is 0.000000615. The van der Waals surface area contributed by atoms with Gasteiger partial charge in [0, 0.05) is 12.5 Å². The topological polar surface area (TPSA) is 48.4 Å². The molecule has 3 rings (SSSR count). The predicted octanol–water partition coefficient (Wildman–Crippen LogP) is 5.40. The summed E-state index contributed by atoms with van der Waals surface area (Å²) in [5, 5.41) is 0. The number of benzene rings is 1. The first-order valence-corrected chi connectivity index (χ1v) is 9.56. The van der Waals surface area contributed by atoms with Crippen LogP contribution >= 0.6 is 27.3 Å².